The van der Waals surface area contributed by atoms with Gasteiger partial charge in [0.25, 0.3) is 0 Å². The summed E-state index contributed by atoms with van der Waals surface area (Å²) in [4.78, 5) is 11.3. The van der Waals surface area contributed by atoms with Gasteiger partial charge in [0.15, 0.2) is 0 Å². The molecule has 1 rings (SSSR count). The molecule has 78 valence electrons. The summed E-state index contributed by atoms with van der Waals surface area (Å²) in [6, 6.07) is 3.60. The van der Waals surface area contributed by atoms with Gasteiger partial charge in [0.2, 0.25) is 0 Å². The van der Waals surface area contributed by atoms with Gasteiger partial charge in [-0.3, -0.25) is 4.79 Å². The van der Waals surface area contributed by atoms with Crippen LogP contribution < -0.4 is 0 Å². The van der Waals surface area contributed by atoms with Crippen molar-refractivity contribution in [1.29, 1.82) is 0 Å². The van der Waals surface area contributed by atoms with Crippen LogP contribution in [0.15, 0.2) is 22.8 Å². The van der Waals surface area contributed by atoms with Gasteiger partial charge in [0, 0.05) is 13.0 Å². The normalized spacial score (nSPS) is 10.4. The molecule has 0 saturated heterocycles. The highest BCUT2D eigenvalue weighted by atomic mass is 16.5. The average Bonchev–Trinajstić information content (AvgIpc) is 2.65. The molecule has 0 aromatic carbocycles. The number of Topliss-reactive ketones (excluding diaryl/α,β-unsaturated/α-hetero) is 1. The lowest BCUT2D eigenvalue weighted by Crippen LogP contribution is -2.07. The van der Waals surface area contributed by atoms with Crippen LogP contribution >= 0.6 is 0 Å². The SMILES string of the molecule is CCCOCCC(=O)Cc1ccco1. The Hall–Kier alpha value is -1.09. The maximum atomic E-state index is 11.3. The van der Waals surface area contributed by atoms with E-state index in [1.165, 1.54) is 0 Å². The van der Waals surface area contributed by atoms with E-state index in [0.717, 1.165) is 18.8 Å². The van der Waals surface area contributed by atoms with Crippen molar-refractivity contribution in [3.05, 3.63) is 24.2 Å². The fourth-order valence-corrected chi connectivity index (χ4v) is 1.13. The predicted molar refractivity (Wildman–Crippen MR) is 53.1 cm³/mol. The molecule has 1 aromatic rings. The molecule has 0 bridgehead atoms. The summed E-state index contributed by atoms with van der Waals surface area (Å²) in [5.41, 5.74) is 0. The van der Waals surface area contributed by atoms with Crippen LogP contribution in [0, 0.1) is 0 Å². The molecule has 0 spiro atoms. The zero-order chi connectivity index (χ0) is 10.2. The van der Waals surface area contributed by atoms with Gasteiger partial charge >= 0.3 is 0 Å². The van der Waals surface area contributed by atoms with Gasteiger partial charge in [-0.05, 0) is 18.6 Å². The molecular weight excluding hydrogens is 180 g/mol. The number of hydrogen-bond acceptors (Lipinski definition) is 3. The van der Waals surface area contributed by atoms with Gasteiger partial charge in [-0.1, -0.05) is 6.92 Å². The summed E-state index contributed by atoms with van der Waals surface area (Å²) in [7, 11) is 0. The largest absolute Gasteiger partial charge is 0.469 e. The van der Waals surface area contributed by atoms with E-state index < -0.39 is 0 Å². The van der Waals surface area contributed by atoms with Gasteiger partial charge in [-0.2, -0.15) is 0 Å². The summed E-state index contributed by atoms with van der Waals surface area (Å²) >= 11 is 0. The molecule has 0 aliphatic carbocycles. The molecule has 1 aromatic heterocycles. The van der Waals surface area contributed by atoms with Crippen LogP contribution in [-0.2, 0) is 16.0 Å². The van der Waals surface area contributed by atoms with E-state index in [9.17, 15) is 4.79 Å². The van der Waals surface area contributed by atoms with Crippen molar-refractivity contribution in [2.45, 2.75) is 26.2 Å². The van der Waals surface area contributed by atoms with Gasteiger partial charge < -0.3 is 9.15 Å². The van der Waals surface area contributed by atoms with E-state index in [1.807, 2.05) is 13.0 Å². The summed E-state index contributed by atoms with van der Waals surface area (Å²) < 4.78 is 10.3. The van der Waals surface area contributed by atoms with Crippen LogP contribution in [0.3, 0.4) is 0 Å². The molecule has 14 heavy (non-hydrogen) atoms. The van der Waals surface area contributed by atoms with Crippen molar-refractivity contribution in [3.63, 3.8) is 0 Å². The Balaban J connectivity index is 2.11. The first-order valence-corrected chi connectivity index (χ1v) is 4.94. The summed E-state index contributed by atoms with van der Waals surface area (Å²) in [5.74, 6) is 0.890. The van der Waals surface area contributed by atoms with Crippen LogP contribution in [0.25, 0.3) is 0 Å². The molecule has 0 fully saturated rings. The first kappa shape index (κ1) is 11.0. The van der Waals surface area contributed by atoms with Crippen molar-refractivity contribution in [2.24, 2.45) is 0 Å². The van der Waals surface area contributed by atoms with Crippen molar-refractivity contribution in [2.75, 3.05) is 13.2 Å². The Kier molecular flexibility index (Phi) is 5.00. The Labute approximate surface area is 84.1 Å². The third-order valence-corrected chi connectivity index (χ3v) is 1.83. The molecule has 0 unspecified atom stereocenters. The average molecular weight is 196 g/mol. The second kappa shape index (κ2) is 6.38. The van der Waals surface area contributed by atoms with Crippen molar-refractivity contribution in [3.8, 4) is 0 Å². The van der Waals surface area contributed by atoms with Gasteiger partial charge in [-0.25, -0.2) is 0 Å². The Morgan fingerprint density at radius 3 is 3.00 bits per heavy atom. The fraction of sp³-hybridized carbons (Fsp3) is 0.545. The molecule has 0 aliphatic heterocycles. The molecule has 0 amide bonds. The standard InChI is InChI=1S/C11H16O3/c1-2-6-13-8-5-10(12)9-11-4-3-7-14-11/h3-4,7H,2,5-6,8-9H2,1H3. The van der Waals surface area contributed by atoms with Gasteiger partial charge in [0.05, 0.1) is 19.3 Å². The smallest absolute Gasteiger partial charge is 0.142 e. The lowest BCUT2D eigenvalue weighted by atomic mass is 10.2. The molecule has 3 heteroatoms. The minimum Gasteiger partial charge on any atom is -0.469 e. The summed E-state index contributed by atoms with van der Waals surface area (Å²) in [6.07, 6.45) is 3.42. The summed E-state index contributed by atoms with van der Waals surface area (Å²) in [5, 5.41) is 0. The number of carbonyl (C=O) groups excluding carboxylic acids is 1. The van der Waals surface area contributed by atoms with Crippen LogP contribution in [0.1, 0.15) is 25.5 Å². The molecule has 0 atom stereocenters. The zero-order valence-corrected chi connectivity index (χ0v) is 8.49. The molecule has 0 saturated carbocycles. The second-order valence-electron chi connectivity index (χ2n) is 3.16. The molecule has 0 N–H and O–H groups in total. The molecule has 0 radical (unpaired) electrons. The third-order valence-electron chi connectivity index (χ3n) is 1.83. The minimum absolute atomic E-state index is 0.163. The number of ether oxygens (including phenoxy) is 1. The van der Waals surface area contributed by atoms with E-state index in [-0.39, 0.29) is 5.78 Å². The van der Waals surface area contributed by atoms with E-state index in [0.29, 0.717) is 19.4 Å². The first-order valence-electron chi connectivity index (χ1n) is 4.94. The lowest BCUT2D eigenvalue weighted by molar-refractivity contribution is -0.119. The van der Waals surface area contributed by atoms with E-state index >= 15 is 0 Å². The number of furan rings is 1. The van der Waals surface area contributed by atoms with Crippen LogP contribution in [-0.4, -0.2) is 19.0 Å². The number of carbonyl (C=O) groups is 1. The Bertz CT molecular complexity index is 252. The number of ketones is 1. The Morgan fingerprint density at radius 2 is 2.36 bits per heavy atom. The van der Waals surface area contributed by atoms with E-state index in [1.54, 1.807) is 12.3 Å². The van der Waals surface area contributed by atoms with Crippen molar-refractivity contribution < 1.29 is 13.9 Å². The Morgan fingerprint density at radius 1 is 1.50 bits per heavy atom. The minimum atomic E-state index is 0.163. The quantitative estimate of drug-likeness (QED) is 0.628. The van der Waals surface area contributed by atoms with Crippen molar-refractivity contribution >= 4 is 5.78 Å². The van der Waals surface area contributed by atoms with Crippen LogP contribution in [0.4, 0.5) is 0 Å². The van der Waals surface area contributed by atoms with Crippen molar-refractivity contribution in [1.82, 2.24) is 0 Å². The summed E-state index contributed by atoms with van der Waals surface area (Å²) in [6.45, 7) is 3.30. The maximum Gasteiger partial charge on any atom is 0.142 e. The highest BCUT2D eigenvalue weighted by molar-refractivity contribution is 5.80. The number of rotatable bonds is 7. The zero-order valence-electron chi connectivity index (χ0n) is 8.49. The topological polar surface area (TPSA) is 39.4 Å². The molecular formula is C11H16O3. The fourth-order valence-electron chi connectivity index (χ4n) is 1.13. The second-order valence-corrected chi connectivity index (χ2v) is 3.16. The first-order chi connectivity index (χ1) is 6.83. The third kappa shape index (κ3) is 4.23. The molecule has 1 heterocycles. The van der Waals surface area contributed by atoms with Gasteiger partial charge in [0.1, 0.15) is 11.5 Å². The molecule has 0 aliphatic rings. The monoisotopic (exact) mass is 196 g/mol. The number of hydrogen-bond donors (Lipinski definition) is 0. The highest BCUT2D eigenvalue weighted by Gasteiger charge is 2.05. The lowest BCUT2D eigenvalue weighted by Gasteiger charge is -2.00. The van der Waals surface area contributed by atoms with Gasteiger partial charge in [-0.15, -0.1) is 0 Å². The molecule has 3 nitrogen and oxygen atoms in total. The van der Waals surface area contributed by atoms with E-state index in [4.69, 9.17) is 9.15 Å². The predicted octanol–water partition coefficient (Wildman–Crippen LogP) is 2.21. The maximum absolute atomic E-state index is 11.3. The van der Waals surface area contributed by atoms with E-state index in [2.05, 4.69) is 0 Å². The highest BCUT2D eigenvalue weighted by Crippen LogP contribution is 2.03. The van der Waals surface area contributed by atoms with Crippen LogP contribution in [0.2, 0.25) is 0 Å². The van der Waals surface area contributed by atoms with Crippen LogP contribution in [0.5, 0.6) is 0 Å².